The van der Waals surface area contributed by atoms with Gasteiger partial charge in [-0.15, -0.1) is 0 Å². The molecule has 0 bridgehead atoms. The standard InChI is InChI=1S/C10H19NO2/c1-7-5-8(6-7)11-9(12)13-10(2,3)4/h7-8H,5-6H2,1-4H3,(H,11,12)/t7-,8+. The molecular formula is C10H19NO2. The van der Waals surface area contributed by atoms with Gasteiger partial charge in [-0.05, 0) is 39.5 Å². The molecule has 0 radical (unpaired) electrons. The van der Waals surface area contributed by atoms with Crippen LogP contribution in [-0.2, 0) is 4.74 Å². The van der Waals surface area contributed by atoms with Gasteiger partial charge < -0.3 is 10.1 Å². The number of hydrogen-bond donors (Lipinski definition) is 1. The third-order valence-corrected chi connectivity index (χ3v) is 2.09. The lowest BCUT2D eigenvalue weighted by molar-refractivity contribution is 0.0458. The molecule has 76 valence electrons. The van der Waals surface area contributed by atoms with Gasteiger partial charge in [0.2, 0.25) is 0 Å². The van der Waals surface area contributed by atoms with Crippen molar-refractivity contribution in [2.45, 2.75) is 52.2 Å². The van der Waals surface area contributed by atoms with Crippen LogP contribution in [-0.4, -0.2) is 17.7 Å². The van der Waals surface area contributed by atoms with Crippen molar-refractivity contribution in [2.24, 2.45) is 5.92 Å². The number of nitrogens with one attached hydrogen (secondary N) is 1. The van der Waals surface area contributed by atoms with Crippen LogP contribution in [0.3, 0.4) is 0 Å². The topological polar surface area (TPSA) is 38.3 Å². The summed E-state index contributed by atoms with van der Waals surface area (Å²) < 4.78 is 5.13. The van der Waals surface area contributed by atoms with E-state index in [4.69, 9.17) is 4.74 Å². The molecule has 1 N–H and O–H groups in total. The number of rotatable bonds is 1. The summed E-state index contributed by atoms with van der Waals surface area (Å²) in [5, 5.41) is 2.84. The Bertz CT molecular complexity index is 190. The molecule has 0 heterocycles. The van der Waals surface area contributed by atoms with Crippen LogP contribution in [0.1, 0.15) is 40.5 Å². The summed E-state index contributed by atoms with van der Waals surface area (Å²) >= 11 is 0. The van der Waals surface area contributed by atoms with Crippen molar-refractivity contribution in [3.63, 3.8) is 0 Å². The van der Waals surface area contributed by atoms with E-state index < -0.39 is 0 Å². The first-order chi connectivity index (χ1) is 5.87. The van der Waals surface area contributed by atoms with E-state index in [1.807, 2.05) is 20.8 Å². The van der Waals surface area contributed by atoms with Crippen molar-refractivity contribution in [3.8, 4) is 0 Å². The van der Waals surface area contributed by atoms with E-state index in [0.717, 1.165) is 18.8 Å². The number of carbonyl (C=O) groups excluding carboxylic acids is 1. The Labute approximate surface area is 79.8 Å². The lowest BCUT2D eigenvalue weighted by atomic mass is 9.82. The van der Waals surface area contributed by atoms with Gasteiger partial charge in [0, 0.05) is 6.04 Å². The van der Waals surface area contributed by atoms with Gasteiger partial charge in [-0.3, -0.25) is 0 Å². The molecule has 1 saturated carbocycles. The first kappa shape index (κ1) is 10.4. The van der Waals surface area contributed by atoms with E-state index in [2.05, 4.69) is 12.2 Å². The van der Waals surface area contributed by atoms with Crippen LogP contribution in [0.5, 0.6) is 0 Å². The Morgan fingerprint density at radius 1 is 1.38 bits per heavy atom. The Hall–Kier alpha value is -0.730. The number of amides is 1. The Balaban J connectivity index is 2.19. The summed E-state index contributed by atoms with van der Waals surface area (Å²) in [7, 11) is 0. The van der Waals surface area contributed by atoms with E-state index in [0.29, 0.717) is 6.04 Å². The first-order valence-electron chi connectivity index (χ1n) is 4.86. The van der Waals surface area contributed by atoms with Gasteiger partial charge in [0.05, 0.1) is 0 Å². The molecule has 0 aromatic rings. The Morgan fingerprint density at radius 3 is 2.31 bits per heavy atom. The smallest absolute Gasteiger partial charge is 0.407 e. The van der Waals surface area contributed by atoms with Crippen LogP contribution in [0.15, 0.2) is 0 Å². The molecule has 0 aromatic heterocycles. The van der Waals surface area contributed by atoms with Gasteiger partial charge in [-0.2, -0.15) is 0 Å². The maximum atomic E-state index is 11.2. The van der Waals surface area contributed by atoms with Crippen molar-refractivity contribution < 1.29 is 9.53 Å². The molecule has 0 aliphatic heterocycles. The fourth-order valence-corrected chi connectivity index (χ4v) is 1.49. The highest BCUT2D eigenvalue weighted by atomic mass is 16.6. The lowest BCUT2D eigenvalue weighted by Crippen LogP contribution is -2.45. The highest BCUT2D eigenvalue weighted by molar-refractivity contribution is 5.68. The molecule has 1 fully saturated rings. The normalized spacial score (nSPS) is 27.7. The monoisotopic (exact) mass is 185 g/mol. The number of carbonyl (C=O) groups is 1. The van der Waals surface area contributed by atoms with E-state index in [1.165, 1.54) is 0 Å². The first-order valence-corrected chi connectivity index (χ1v) is 4.86. The van der Waals surface area contributed by atoms with Gasteiger partial charge >= 0.3 is 6.09 Å². The summed E-state index contributed by atoms with van der Waals surface area (Å²) in [4.78, 5) is 11.2. The SMILES string of the molecule is CC(C)(C)OC(=O)N[C@H]1C[C@@H](C)C1. The van der Waals surface area contributed by atoms with Crippen LogP contribution in [0, 0.1) is 5.92 Å². The summed E-state index contributed by atoms with van der Waals surface area (Å²) in [5.74, 6) is 0.750. The number of alkyl carbamates (subject to hydrolysis) is 1. The van der Waals surface area contributed by atoms with E-state index in [-0.39, 0.29) is 11.7 Å². The maximum Gasteiger partial charge on any atom is 0.407 e. The third kappa shape index (κ3) is 3.66. The Kier molecular flexibility index (Phi) is 2.84. The second-order valence-corrected chi connectivity index (χ2v) is 4.92. The van der Waals surface area contributed by atoms with Crippen molar-refractivity contribution >= 4 is 6.09 Å². The van der Waals surface area contributed by atoms with Crippen LogP contribution in [0.4, 0.5) is 4.79 Å². The zero-order valence-corrected chi connectivity index (χ0v) is 8.89. The van der Waals surface area contributed by atoms with Crippen LogP contribution in [0.2, 0.25) is 0 Å². The summed E-state index contributed by atoms with van der Waals surface area (Å²) in [6.45, 7) is 7.80. The second kappa shape index (κ2) is 3.56. The lowest BCUT2D eigenvalue weighted by Gasteiger charge is -2.33. The average Bonchev–Trinajstić information content (AvgIpc) is 1.79. The van der Waals surface area contributed by atoms with Gasteiger partial charge in [-0.1, -0.05) is 6.92 Å². The van der Waals surface area contributed by atoms with E-state index >= 15 is 0 Å². The quantitative estimate of drug-likeness (QED) is 0.680. The van der Waals surface area contributed by atoms with Gasteiger partial charge in [0.15, 0.2) is 0 Å². The zero-order valence-electron chi connectivity index (χ0n) is 8.89. The van der Waals surface area contributed by atoms with Crippen molar-refractivity contribution in [1.29, 1.82) is 0 Å². The van der Waals surface area contributed by atoms with Crippen molar-refractivity contribution in [3.05, 3.63) is 0 Å². The summed E-state index contributed by atoms with van der Waals surface area (Å²) in [5.41, 5.74) is -0.389. The number of hydrogen-bond acceptors (Lipinski definition) is 2. The fourth-order valence-electron chi connectivity index (χ4n) is 1.49. The molecule has 0 spiro atoms. The van der Waals surface area contributed by atoms with Crippen molar-refractivity contribution in [2.75, 3.05) is 0 Å². The minimum atomic E-state index is -0.389. The molecule has 1 aliphatic rings. The zero-order chi connectivity index (χ0) is 10.1. The molecule has 0 saturated heterocycles. The molecule has 0 unspecified atom stereocenters. The molecule has 0 atom stereocenters. The largest absolute Gasteiger partial charge is 0.444 e. The Morgan fingerprint density at radius 2 is 1.92 bits per heavy atom. The molecule has 3 heteroatoms. The summed E-state index contributed by atoms with van der Waals surface area (Å²) in [6.07, 6.45) is 1.88. The second-order valence-electron chi connectivity index (χ2n) is 4.92. The minimum Gasteiger partial charge on any atom is -0.444 e. The maximum absolute atomic E-state index is 11.2. The minimum absolute atomic E-state index is 0.288. The molecule has 3 nitrogen and oxygen atoms in total. The molecular weight excluding hydrogens is 166 g/mol. The highest BCUT2D eigenvalue weighted by Gasteiger charge is 2.28. The van der Waals surface area contributed by atoms with E-state index in [1.54, 1.807) is 0 Å². The average molecular weight is 185 g/mol. The van der Waals surface area contributed by atoms with Gasteiger partial charge in [-0.25, -0.2) is 4.79 Å². The predicted octanol–water partition coefficient (Wildman–Crippen LogP) is 2.31. The molecule has 1 rings (SSSR count). The molecule has 1 amide bonds. The molecule has 0 aromatic carbocycles. The highest BCUT2D eigenvalue weighted by Crippen LogP contribution is 2.26. The van der Waals surface area contributed by atoms with Crippen LogP contribution in [0.25, 0.3) is 0 Å². The fraction of sp³-hybridized carbons (Fsp3) is 0.900. The van der Waals surface area contributed by atoms with Crippen LogP contribution < -0.4 is 5.32 Å². The third-order valence-electron chi connectivity index (χ3n) is 2.09. The summed E-state index contributed by atoms with van der Waals surface area (Å²) in [6, 6.07) is 0.338. The molecule has 13 heavy (non-hydrogen) atoms. The van der Waals surface area contributed by atoms with Crippen LogP contribution >= 0.6 is 0 Å². The predicted molar refractivity (Wildman–Crippen MR) is 51.6 cm³/mol. The van der Waals surface area contributed by atoms with Crippen molar-refractivity contribution in [1.82, 2.24) is 5.32 Å². The van der Waals surface area contributed by atoms with Gasteiger partial charge in [0.25, 0.3) is 0 Å². The number of ether oxygens (including phenoxy) is 1. The van der Waals surface area contributed by atoms with Gasteiger partial charge in [0.1, 0.15) is 5.60 Å². The van der Waals surface area contributed by atoms with E-state index in [9.17, 15) is 4.79 Å². The molecule has 1 aliphatic carbocycles.